The molecule has 0 saturated heterocycles. The van der Waals surface area contributed by atoms with E-state index in [0.29, 0.717) is 0 Å². The molecular formula is CH4NO3S-. The molecule has 0 amide bonds. The van der Waals surface area contributed by atoms with E-state index >= 15 is 0 Å². The first kappa shape index (κ1) is 5.87. The van der Waals surface area contributed by atoms with E-state index in [1.807, 2.05) is 0 Å². The second-order valence-electron chi connectivity index (χ2n) is 0.611. The molecule has 0 aliphatic rings. The molecule has 0 saturated carbocycles. The summed E-state index contributed by atoms with van der Waals surface area (Å²) in [6, 6.07) is 0. The third-order valence-electron chi connectivity index (χ3n) is 0.164. The smallest absolute Gasteiger partial charge is 0.303 e. The van der Waals surface area contributed by atoms with Gasteiger partial charge in [-0.1, -0.05) is 0 Å². The standard InChI is InChI=1S/CH4NO3S/c1-5-6(2,3)4/h1H2,(H2,2,3,4)/q-1. The molecule has 5 heteroatoms. The lowest BCUT2D eigenvalue weighted by Crippen LogP contribution is -2.11. The number of rotatable bonds is 1. The first-order valence-corrected chi connectivity index (χ1v) is 2.50. The Balaban J connectivity index is 3.85. The summed E-state index contributed by atoms with van der Waals surface area (Å²) in [5.74, 6) is 0. The van der Waals surface area contributed by atoms with Gasteiger partial charge in [0.15, 0.2) is 0 Å². The number of hydrogen-bond acceptors (Lipinski definition) is 3. The molecule has 0 aromatic heterocycles. The van der Waals surface area contributed by atoms with Crippen LogP contribution >= 0.6 is 0 Å². The van der Waals surface area contributed by atoms with Crippen molar-refractivity contribution in [2.75, 3.05) is 0 Å². The van der Waals surface area contributed by atoms with E-state index < -0.39 is 10.3 Å². The van der Waals surface area contributed by atoms with Crippen LogP contribution in [0.5, 0.6) is 0 Å². The number of nitrogens with two attached hydrogens (primary N) is 1. The van der Waals surface area contributed by atoms with Crippen molar-refractivity contribution in [3.63, 3.8) is 0 Å². The van der Waals surface area contributed by atoms with Crippen LogP contribution in [0.25, 0.3) is 0 Å². The molecule has 0 fully saturated rings. The summed E-state index contributed by atoms with van der Waals surface area (Å²) in [5.41, 5.74) is 0. The van der Waals surface area contributed by atoms with Gasteiger partial charge in [0, 0.05) is 0 Å². The summed E-state index contributed by atoms with van der Waals surface area (Å²) in [6.45, 7) is 0. The molecular weight excluding hydrogens is 106 g/mol. The maximum atomic E-state index is 9.49. The second kappa shape index (κ2) is 1.55. The second-order valence-corrected chi connectivity index (χ2v) is 1.83. The fraction of sp³-hybridized carbons (Fsp3) is 0. The Morgan fingerprint density at radius 1 is 1.67 bits per heavy atom. The SMILES string of the molecule is [CH2-]OS(N)(=O)=O. The minimum absolute atomic E-state index is 2.54. The predicted molar refractivity (Wildman–Crippen MR) is 19.5 cm³/mol. The Morgan fingerprint density at radius 3 is 1.83 bits per heavy atom. The Morgan fingerprint density at radius 2 is 1.83 bits per heavy atom. The van der Waals surface area contributed by atoms with Gasteiger partial charge in [0.05, 0.1) is 0 Å². The van der Waals surface area contributed by atoms with Crippen LogP contribution < -0.4 is 5.14 Å². The van der Waals surface area contributed by atoms with Gasteiger partial charge in [0.1, 0.15) is 0 Å². The summed E-state index contributed by atoms with van der Waals surface area (Å²) in [4.78, 5) is 0. The Kier molecular flexibility index (Phi) is 1.51. The summed E-state index contributed by atoms with van der Waals surface area (Å²) >= 11 is 0. The Bertz CT molecular complexity index is 113. The van der Waals surface area contributed by atoms with Gasteiger partial charge in [0.2, 0.25) is 0 Å². The molecule has 0 bridgehead atoms. The first-order valence-electron chi connectivity index (χ1n) is 1.02. The molecule has 0 aliphatic carbocycles. The molecule has 38 valence electrons. The molecule has 0 heterocycles. The highest BCUT2D eigenvalue weighted by Crippen LogP contribution is 1.71. The lowest BCUT2D eigenvalue weighted by molar-refractivity contribution is 0.439. The van der Waals surface area contributed by atoms with E-state index in [0.717, 1.165) is 0 Å². The van der Waals surface area contributed by atoms with Gasteiger partial charge < -0.3 is 4.18 Å². The fourth-order valence-corrected chi connectivity index (χ4v) is 0. The summed E-state index contributed by atoms with van der Waals surface area (Å²) in [5, 5.41) is 4.22. The zero-order chi connectivity index (χ0) is 5.21. The molecule has 0 unspecified atom stereocenters. The van der Waals surface area contributed by atoms with E-state index in [9.17, 15) is 8.42 Å². The maximum absolute atomic E-state index is 9.49. The molecule has 4 nitrogen and oxygen atoms in total. The van der Waals surface area contributed by atoms with Crippen molar-refractivity contribution in [1.82, 2.24) is 0 Å². The van der Waals surface area contributed by atoms with Gasteiger partial charge in [-0.15, -0.1) is 0 Å². The zero-order valence-electron chi connectivity index (χ0n) is 2.92. The lowest BCUT2D eigenvalue weighted by atomic mass is 11.8. The van der Waals surface area contributed by atoms with Crippen molar-refractivity contribution in [3.05, 3.63) is 7.11 Å². The number of hydrogen-bond donors (Lipinski definition) is 1. The molecule has 0 spiro atoms. The average molecular weight is 110 g/mol. The molecule has 0 aromatic carbocycles. The highest BCUT2D eigenvalue weighted by Gasteiger charge is 1.84. The molecule has 6 heavy (non-hydrogen) atoms. The minimum Gasteiger partial charge on any atom is -0.438 e. The topological polar surface area (TPSA) is 69.4 Å². The Labute approximate surface area is 36.2 Å². The van der Waals surface area contributed by atoms with E-state index in [1.54, 1.807) is 0 Å². The van der Waals surface area contributed by atoms with Crippen LogP contribution in [0.1, 0.15) is 0 Å². The van der Waals surface area contributed by atoms with E-state index in [4.69, 9.17) is 0 Å². The van der Waals surface area contributed by atoms with Crippen LogP contribution in [0.4, 0.5) is 0 Å². The van der Waals surface area contributed by atoms with Crippen LogP contribution in [0.3, 0.4) is 0 Å². The molecule has 0 radical (unpaired) electrons. The monoisotopic (exact) mass is 110 g/mol. The van der Waals surface area contributed by atoms with Gasteiger partial charge in [-0.25, -0.2) is 12.2 Å². The maximum Gasteiger partial charge on any atom is 0.303 e. The van der Waals surface area contributed by atoms with Crippen molar-refractivity contribution in [1.29, 1.82) is 0 Å². The van der Waals surface area contributed by atoms with Crippen LogP contribution in [0.15, 0.2) is 0 Å². The van der Waals surface area contributed by atoms with Gasteiger partial charge in [0.25, 0.3) is 0 Å². The highest BCUT2D eigenvalue weighted by atomic mass is 32.2. The normalized spacial score (nSPS) is 11.7. The summed E-state index contributed by atoms with van der Waals surface area (Å²) in [7, 11) is -1.23. The van der Waals surface area contributed by atoms with Crippen molar-refractivity contribution < 1.29 is 12.6 Å². The summed E-state index contributed by atoms with van der Waals surface area (Å²) in [6.07, 6.45) is 0. The van der Waals surface area contributed by atoms with E-state index in [2.05, 4.69) is 16.4 Å². The van der Waals surface area contributed by atoms with Gasteiger partial charge in [-0.2, -0.15) is 8.42 Å². The van der Waals surface area contributed by atoms with Crippen molar-refractivity contribution >= 4 is 10.3 Å². The van der Waals surface area contributed by atoms with Crippen LogP contribution in [-0.2, 0) is 14.5 Å². The first-order chi connectivity index (χ1) is 2.56. The predicted octanol–water partition coefficient (Wildman–Crippen LogP) is -1.00. The van der Waals surface area contributed by atoms with Crippen molar-refractivity contribution in [2.45, 2.75) is 0 Å². The molecule has 0 rings (SSSR count). The lowest BCUT2D eigenvalue weighted by Gasteiger charge is -1.93. The van der Waals surface area contributed by atoms with Gasteiger partial charge >= 0.3 is 10.3 Å². The third-order valence-corrected chi connectivity index (χ3v) is 0.493. The van der Waals surface area contributed by atoms with E-state index in [1.165, 1.54) is 0 Å². The molecule has 0 aliphatic heterocycles. The molecule has 0 aromatic rings. The van der Waals surface area contributed by atoms with Crippen molar-refractivity contribution in [2.24, 2.45) is 5.14 Å². The van der Waals surface area contributed by atoms with E-state index in [-0.39, 0.29) is 0 Å². The quantitative estimate of drug-likeness (QED) is 0.440. The fourth-order valence-electron chi connectivity index (χ4n) is 0. The van der Waals surface area contributed by atoms with Crippen molar-refractivity contribution in [3.8, 4) is 0 Å². The minimum atomic E-state index is -3.77. The summed E-state index contributed by atoms with van der Waals surface area (Å²) < 4.78 is 22.4. The Hall–Kier alpha value is -0.130. The third kappa shape index (κ3) is 3.87. The zero-order valence-corrected chi connectivity index (χ0v) is 3.73. The van der Waals surface area contributed by atoms with Gasteiger partial charge in [-0.05, 0) is 0 Å². The average Bonchev–Trinajstić information content (AvgIpc) is 1.35. The molecule has 2 N–H and O–H groups in total. The highest BCUT2D eigenvalue weighted by molar-refractivity contribution is 7.84. The van der Waals surface area contributed by atoms with Crippen LogP contribution in [0.2, 0.25) is 0 Å². The van der Waals surface area contributed by atoms with Crippen LogP contribution in [0, 0.1) is 7.11 Å². The largest absolute Gasteiger partial charge is 0.438 e. The van der Waals surface area contributed by atoms with Crippen LogP contribution in [-0.4, -0.2) is 8.42 Å². The van der Waals surface area contributed by atoms with Gasteiger partial charge in [-0.3, -0.25) is 0 Å². The molecule has 0 atom stereocenters.